The average Bonchev–Trinajstić information content (AvgIpc) is 3.12. The maximum atomic E-state index is 10.5. The Morgan fingerprint density at radius 2 is 1.59 bits per heavy atom. The van der Waals surface area contributed by atoms with Crippen LogP contribution in [0.2, 0.25) is 0 Å². The average molecular weight is 361 g/mol. The maximum Gasteiger partial charge on any atom is 0.129 e. The predicted octanol–water partition coefficient (Wildman–Crippen LogP) is 3.94. The highest BCUT2D eigenvalue weighted by Crippen LogP contribution is 2.39. The van der Waals surface area contributed by atoms with Gasteiger partial charge in [-0.25, -0.2) is 0 Å². The Balaban J connectivity index is 1.67. The van der Waals surface area contributed by atoms with Crippen molar-refractivity contribution in [2.24, 2.45) is 0 Å². The molecule has 4 rings (SSSR count). The number of hydrogen-bond donors (Lipinski definition) is 2. The quantitative estimate of drug-likeness (QED) is 0.698. The first kappa shape index (κ1) is 17.6. The Bertz CT molecular complexity index is 883. The molecule has 2 N–H and O–H groups in total. The molecule has 0 aromatic heterocycles. The summed E-state index contributed by atoms with van der Waals surface area (Å²) in [7, 11) is 0. The Hall–Kier alpha value is -2.82. The van der Waals surface area contributed by atoms with Gasteiger partial charge in [0.15, 0.2) is 0 Å². The number of aliphatic hydroxyl groups excluding tert-OH is 2. The molecule has 27 heavy (non-hydrogen) atoms. The van der Waals surface area contributed by atoms with E-state index in [9.17, 15) is 10.2 Å². The Morgan fingerprint density at radius 1 is 0.889 bits per heavy atom. The minimum Gasteiger partial charge on any atom is -0.457 e. The van der Waals surface area contributed by atoms with Crippen LogP contribution < -0.4 is 9.64 Å². The van der Waals surface area contributed by atoms with Crippen LogP contribution in [-0.2, 0) is 6.42 Å². The molecule has 0 fully saturated rings. The van der Waals surface area contributed by atoms with Crippen LogP contribution in [-0.4, -0.2) is 29.5 Å². The summed E-state index contributed by atoms with van der Waals surface area (Å²) in [6, 6.07) is 25.3. The van der Waals surface area contributed by atoms with Gasteiger partial charge in [-0.3, -0.25) is 0 Å². The van der Waals surface area contributed by atoms with Gasteiger partial charge in [0.2, 0.25) is 0 Å². The molecule has 1 aliphatic heterocycles. The minimum absolute atomic E-state index is 0.286. The molecule has 0 spiro atoms. The lowest BCUT2D eigenvalue weighted by Gasteiger charge is -2.33. The van der Waals surface area contributed by atoms with Gasteiger partial charge >= 0.3 is 0 Å². The first-order chi connectivity index (χ1) is 13.3. The van der Waals surface area contributed by atoms with E-state index in [-0.39, 0.29) is 12.6 Å². The molecule has 4 heteroatoms. The lowest BCUT2D eigenvalue weighted by atomic mass is 9.99. The third-order valence-electron chi connectivity index (χ3n) is 5.00. The van der Waals surface area contributed by atoms with Gasteiger partial charge in [-0.05, 0) is 35.7 Å². The van der Waals surface area contributed by atoms with Gasteiger partial charge in [-0.2, -0.15) is 0 Å². The van der Waals surface area contributed by atoms with Crippen molar-refractivity contribution in [2.75, 3.05) is 18.1 Å². The molecule has 4 nitrogen and oxygen atoms in total. The van der Waals surface area contributed by atoms with E-state index < -0.39 is 6.10 Å². The molecule has 1 aliphatic rings. The monoisotopic (exact) mass is 361 g/mol. The van der Waals surface area contributed by atoms with Gasteiger partial charge < -0.3 is 19.8 Å². The number of rotatable bonds is 6. The van der Waals surface area contributed by atoms with Crippen LogP contribution in [0.4, 0.5) is 5.69 Å². The smallest absolute Gasteiger partial charge is 0.129 e. The molecule has 0 aliphatic carbocycles. The van der Waals surface area contributed by atoms with Gasteiger partial charge in [-0.1, -0.05) is 54.6 Å². The second-order valence-electron chi connectivity index (χ2n) is 6.75. The summed E-state index contributed by atoms with van der Waals surface area (Å²) >= 11 is 0. The van der Waals surface area contributed by atoms with Gasteiger partial charge in [0.05, 0.1) is 12.6 Å². The fourth-order valence-corrected chi connectivity index (χ4v) is 3.72. The van der Waals surface area contributed by atoms with Crippen LogP contribution in [0.3, 0.4) is 0 Å². The van der Waals surface area contributed by atoms with Crippen molar-refractivity contribution < 1.29 is 14.9 Å². The van der Waals surface area contributed by atoms with Gasteiger partial charge in [-0.15, -0.1) is 0 Å². The number of benzene rings is 3. The predicted molar refractivity (Wildman–Crippen MR) is 106 cm³/mol. The van der Waals surface area contributed by atoms with Crippen LogP contribution in [0, 0.1) is 0 Å². The third kappa shape index (κ3) is 3.68. The summed E-state index contributed by atoms with van der Waals surface area (Å²) in [5, 5.41) is 20.2. The fourth-order valence-electron chi connectivity index (χ4n) is 3.72. The molecule has 0 bridgehead atoms. The van der Waals surface area contributed by atoms with E-state index in [0.717, 1.165) is 35.7 Å². The highest BCUT2D eigenvalue weighted by atomic mass is 16.5. The molecule has 0 saturated carbocycles. The molecule has 0 amide bonds. The molecule has 3 aromatic rings. The first-order valence-corrected chi connectivity index (χ1v) is 9.22. The van der Waals surface area contributed by atoms with E-state index >= 15 is 0 Å². The topological polar surface area (TPSA) is 52.9 Å². The number of ether oxygens (including phenoxy) is 1. The van der Waals surface area contributed by atoms with Crippen LogP contribution in [0.5, 0.6) is 11.5 Å². The summed E-state index contributed by atoms with van der Waals surface area (Å²) in [6.45, 7) is 0.506. The number of nitrogens with zero attached hydrogens (tertiary/aromatic N) is 1. The highest BCUT2D eigenvalue weighted by molar-refractivity contribution is 5.63. The molecule has 1 heterocycles. The summed E-state index contributed by atoms with van der Waals surface area (Å²) in [6.07, 6.45) is 0.0413. The van der Waals surface area contributed by atoms with Gasteiger partial charge in [0, 0.05) is 18.3 Å². The second-order valence-corrected chi connectivity index (χ2v) is 6.75. The van der Waals surface area contributed by atoms with Crippen molar-refractivity contribution >= 4 is 5.69 Å². The standard InChI is InChI=1S/C23H23NO3/c25-16-22(26)23(18-7-3-1-4-8-18)24-14-13-17-11-12-20(15-21(17)24)27-19-9-5-2-6-10-19/h1-12,15,22-23,25-26H,13-14,16H2/t22-,23+/m1/s1. The van der Waals surface area contributed by atoms with Crippen LogP contribution in [0.25, 0.3) is 0 Å². The lowest BCUT2D eigenvalue weighted by Crippen LogP contribution is -2.37. The van der Waals surface area contributed by atoms with Crippen molar-refractivity contribution in [2.45, 2.75) is 18.6 Å². The van der Waals surface area contributed by atoms with Gasteiger partial charge in [0.1, 0.15) is 17.6 Å². The molecule has 138 valence electrons. The molecular formula is C23H23NO3. The van der Waals surface area contributed by atoms with Crippen molar-refractivity contribution in [3.05, 3.63) is 90.0 Å². The summed E-state index contributed by atoms with van der Waals surface area (Å²) < 4.78 is 5.99. The Labute approximate surface area is 159 Å². The molecule has 0 unspecified atom stereocenters. The van der Waals surface area contributed by atoms with Crippen molar-refractivity contribution in [3.8, 4) is 11.5 Å². The van der Waals surface area contributed by atoms with Crippen LogP contribution in [0.15, 0.2) is 78.9 Å². The van der Waals surface area contributed by atoms with Crippen LogP contribution >= 0.6 is 0 Å². The maximum absolute atomic E-state index is 10.5. The zero-order valence-electron chi connectivity index (χ0n) is 15.0. The normalized spacial score (nSPS) is 15.3. The lowest BCUT2D eigenvalue weighted by molar-refractivity contribution is 0.0717. The number of aliphatic hydroxyl groups is 2. The third-order valence-corrected chi connectivity index (χ3v) is 5.00. The number of anilines is 1. The number of fused-ring (bicyclic) bond motifs is 1. The van der Waals surface area contributed by atoms with E-state index in [0.29, 0.717) is 0 Å². The summed E-state index contributed by atoms with van der Waals surface area (Å²) in [4.78, 5) is 2.17. The van der Waals surface area contributed by atoms with E-state index in [1.165, 1.54) is 5.56 Å². The van der Waals surface area contributed by atoms with Crippen molar-refractivity contribution in [1.29, 1.82) is 0 Å². The fraction of sp³-hybridized carbons (Fsp3) is 0.217. The zero-order valence-corrected chi connectivity index (χ0v) is 15.0. The van der Waals surface area contributed by atoms with E-state index in [1.54, 1.807) is 0 Å². The first-order valence-electron chi connectivity index (χ1n) is 9.22. The largest absolute Gasteiger partial charge is 0.457 e. The molecule has 0 radical (unpaired) electrons. The second kappa shape index (κ2) is 7.82. The molecule has 2 atom stereocenters. The van der Waals surface area contributed by atoms with Crippen molar-refractivity contribution in [1.82, 2.24) is 0 Å². The van der Waals surface area contributed by atoms with E-state index in [4.69, 9.17) is 4.74 Å². The molecule has 0 saturated heterocycles. The summed E-state index contributed by atoms with van der Waals surface area (Å²) in [5.74, 6) is 1.55. The Morgan fingerprint density at radius 3 is 2.30 bits per heavy atom. The zero-order chi connectivity index (χ0) is 18.6. The molecular weight excluding hydrogens is 338 g/mol. The summed E-state index contributed by atoms with van der Waals surface area (Å²) in [5.41, 5.74) is 3.26. The molecule has 3 aromatic carbocycles. The SMILES string of the molecule is OC[C@@H](O)[C@H](c1ccccc1)N1CCc2ccc(Oc3ccccc3)cc21. The number of hydrogen-bond acceptors (Lipinski definition) is 4. The van der Waals surface area contributed by atoms with E-state index in [1.807, 2.05) is 72.8 Å². The Kier molecular flexibility index (Phi) is 5.10. The number of para-hydroxylation sites is 1. The van der Waals surface area contributed by atoms with Crippen LogP contribution in [0.1, 0.15) is 17.2 Å². The van der Waals surface area contributed by atoms with Gasteiger partial charge in [0.25, 0.3) is 0 Å². The van der Waals surface area contributed by atoms with Crippen molar-refractivity contribution in [3.63, 3.8) is 0 Å². The van der Waals surface area contributed by atoms with E-state index in [2.05, 4.69) is 11.0 Å². The highest BCUT2D eigenvalue weighted by Gasteiger charge is 2.32. The minimum atomic E-state index is -0.864.